The summed E-state index contributed by atoms with van der Waals surface area (Å²) < 4.78 is 6.00. The summed E-state index contributed by atoms with van der Waals surface area (Å²) in [5.74, 6) is 1.53. The molecule has 0 bridgehead atoms. The Morgan fingerprint density at radius 1 is 1.36 bits per heavy atom. The molecule has 0 amide bonds. The molecule has 3 rings (SSSR count). The molecule has 6 heteroatoms. The number of nitrogens with zero attached hydrogens (tertiary/aromatic N) is 2. The molecule has 3 unspecified atom stereocenters. The van der Waals surface area contributed by atoms with Crippen LogP contribution in [0, 0.1) is 11.3 Å². The third kappa shape index (κ3) is 4.64. The van der Waals surface area contributed by atoms with Gasteiger partial charge in [-0.25, -0.2) is 0 Å². The largest absolute Gasteiger partial charge is 0.377 e. The van der Waals surface area contributed by atoms with Gasteiger partial charge in [-0.1, -0.05) is 13.8 Å². The Kier molecular flexibility index (Phi) is 7.49. The van der Waals surface area contributed by atoms with Crippen molar-refractivity contribution in [1.29, 1.82) is 0 Å². The first-order valence-corrected chi connectivity index (χ1v) is 9.18. The molecule has 0 aromatic carbocycles. The number of aliphatic imine (C=N–C) groups is 1. The molecule has 3 atom stereocenters. The second kappa shape index (κ2) is 9.16. The summed E-state index contributed by atoms with van der Waals surface area (Å²) in [6.07, 6.45) is 7.42. The Bertz CT molecular complexity index is 564. The average Bonchev–Trinajstić information content (AvgIpc) is 2.60. The van der Waals surface area contributed by atoms with Crippen molar-refractivity contribution in [2.75, 3.05) is 19.7 Å². The van der Waals surface area contributed by atoms with Gasteiger partial charge in [0.25, 0.3) is 0 Å². The highest BCUT2D eigenvalue weighted by Crippen LogP contribution is 2.51. The minimum atomic E-state index is 0. The SMILES string of the molecule is CCNC(=NCCc1ccncc1)NC1C2CCCOC2C1(C)C.I. The van der Waals surface area contributed by atoms with Crippen LogP contribution in [0.15, 0.2) is 29.5 Å². The number of fused-ring (bicyclic) bond motifs is 1. The van der Waals surface area contributed by atoms with Gasteiger partial charge in [-0.15, -0.1) is 24.0 Å². The number of hydrogen-bond acceptors (Lipinski definition) is 3. The smallest absolute Gasteiger partial charge is 0.191 e. The molecule has 1 aromatic heterocycles. The molecule has 2 N–H and O–H groups in total. The van der Waals surface area contributed by atoms with E-state index in [1.165, 1.54) is 18.4 Å². The van der Waals surface area contributed by atoms with Gasteiger partial charge in [0.15, 0.2) is 5.96 Å². The second-order valence-electron chi connectivity index (χ2n) is 7.41. The van der Waals surface area contributed by atoms with E-state index in [0.717, 1.165) is 32.1 Å². The highest BCUT2D eigenvalue weighted by molar-refractivity contribution is 14.0. The van der Waals surface area contributed by atoms with Crippen molar-refractivity contribution in [3.8, 4) is 0 Å². The first kappa shape index (κ1) is 20.4. The molecule has 1 saturated heterocycles. The molecule has 1 aromatic rings. The molecule has 1 aliphatic carbocycles. The molecule has 5 nitrogen and oxygen atoms in total. The molecule has 2 aliphatic rings. The topological polar surface area (TPSA) is 58.5 Å². The van der Waals surface area contributed by atoms with Crippen LogP contribution in [0.25, 0.3) is 0 Å². The fourth-order valence-electron chi connectivity index (χ4n) is 4.13. The molecule has 25 heavy (non-hydrogen) atoms. The first-order chi connectivity index (χ1) is 11.6. The van der Waals surface area contributed by atoms with Crippen molar-refractivity contribution < 1.29 is 4.74 Å². The van der Waals surface area contributed by atoms with Crippen LogP contribution in [0.1, 0.15) is 39.2 Å². The fraction of sp³-hybridized carbons (Fsp3) is 0.684. The van der Waals surface area contributed by atoms with Gasteiger partial charge in [-0.05, 0) is 43.9 Å². The Labute approximate surface area is 168 Å². The van der Waals surface area contributed by atoms with Crippen LogP contribution >= 0.6 is 24.0 Å². The highest BCUT2D eigenvalue weighted by atomic mass is 127. The van der Waals surface area contributed by atoms with Gasteiger partial charge in [-0.3, -0.25) is 9.98 Å². The van der Waals surface area contributed by atoms with E-state index in [2.05, 4.69) is 48.5 Å². The van der Waals surface area contributed by atoms with Crippen molar-refractivity contribution in [3.63, 3.8) is 0 Å². The van der Waals surface area contributed by atoms with Crippen LogP contribution in [-0.2, 0) is 11.2 Å². The molecule has 1 saturated carbocycles. The monoisotopic (exact) mass is 458 g/mol. The summed E-state index contributed by atoms with van der Waals surface area (Å²) in [6, 6.07) is 4.53. The van der Waals surface area contributed by atoms with E-state index in [-0.39, 0.29) is 29.4 Å². The lowest BCUT2D eigenvalue weighted by Crippen LogP contribution is -2.71. The Morgan fingerprint density at radius 2 is 2.12 bits per heavy atom. The number of ether oxygens (including phenoxy) is 1. The van der Waals surface area contributed by atoms with E-state index in [9.17, 15) is 0 Å². The van der Waals surface area contributed by atoms with Crippen molar-refractivity contribution in [3.05, 3.63) is 30.1 Å². The maximum Gasteiger partial charge on any atom is 0.191 e. The van der Waals surface area contributed by atoms with Gasteiger partial charge in [0.1, 0.15) is 0 Å². The van der Waals surface area contributed by atoms with E-state index in [1.54, 1.807) is 0 Å². The van der Waals surface area contributed by atoms with Crippen LogP contribution in [-0.4, -0.2) is 42.8 Å². The van der Waals surface area contributed by atoms with E-state index in [1.807, 2.05) is 12.4 Å². The predicted octanol–water partition coefficient (Wildman–Crippen LogP) is 3.00. The van der Waals surface area contributed by atoms with Gasteiger partial charge >= 0.3 is 0 Å². The molecule has 0 spiro atoms. The predicted molar refractivity (Wildman–Crippen MR) is 113 cm³/mol. The molecule has 1 aliphatic heterocycles. The quantitative estimate of drug-likeness (QED) is 0.405. The molecular weight excluding hydrogens is 427 g/mol. The molecule has 2 heterocycles. The maximum absolute atomic E-state index is 6.00. The van der Waals surface area contributed by atoms with E-state index in [4.69, 9.17) is 9.73 Å². The minimum Gasteiger partial charge on any atom is -0.377 e. The molecule has 0 radical (unpaired) electrons. The Hall–Kier alpha value is -0.890. The number of guanidine groups is 1. The fourth-order valence-corrected chi connectivity index (χ4v) is 4.13. The van der Waals surface area contributed by atoms with E-state index < -0.39 is 0 Å². The minimum absolute atomic E-state index is 0. The lowest BCUT2D eigenvalue weighted by atomic mass is 9.55. The highest BCUT2D eigenvalue weighted by Gasteiger charge is 2.58. The van der Waals surface area contributed by atoms with Crippen LogP contribution in [0.3, 0.4) is 0 Å². The summed E-state index contributed by atoms with van der Waals surface area (Å²) >= 11 is 0. The summed E-state index contributed by atoms with van der Waals surface area (Å²) in [5.41, 5.74) is 1.43. The third-order valence-corrected chi connectivity index (χ3v) is 5.39. The van der Waals surface area contributed by atoms with Crippen molar-refractivity contribution in [2.24, 2.45) is 16.3 Å². The normalized spacial score (nSPS) is 27.5. The number of nitrogens with one attached hydrogen (secondary N) is 2. The third-order valence-electron chi connectivity index (χ3n) is 5.39. The van der Waals surface area contributed by atoms with Crippen molar-refractivity contribution in [2.45, 2.75) is 52.2 Å². The molecule has 2 fully saturated rings. The zero-order chi connectivity index (χ0) is 17.0. The maximum atomic E-state index is 6.00. The summed E-state index contributed by atoms with van der Waals surface area (Å²) in [6.45, 7) is 9.28. The van der Waals surface area contributed by atoms with Crippen LogP contribution in [0.5, 0.6) is 0 Å². The van der Waals surface area contributed by atoms with Gasteiger partial charge in [0.2, 0.25) is 0 Å². The van der Waals surface area contributed by atoms with Crippen molar-refractivity contribution in [1.82, 2.24) is 15.6 Å². The van der Waals surface area contributed by atoms with Crippen LogP contribution in [0.2, 0.25) is 0 Å². The van der Waals surface area contributed by atoms with Crippen LogP contribution in [0.4, 0.5) is 0 Å². The van der Waals surface area contributed by atoms with Gasteiger partial charge < -0.3 is 15.4 Å². The first-order valence-electron chi connectivity index (χ1n) is 9.18. The van der Waals surface area contributed by atoms with Gasteiger partial charge in [0.05, 0.1) is 6.10 Å². The lowest BCUT2D eigenvalue weighted by molar-refractivity contribution is -0.188. The van der Waals surface area contributed by atoms with Gasteiger partial charge in [-0.2, -0.15) is 0 Å². The Morgan fingerprint density at radius 3 is 2.84 bits per heavy atom. The van der Waals surface area contributed by atoms with E-state index >= 15 is 0 Å². The summed E-state index contributed by atoms with van der Waals surface area (Å²) in [7, 11) is 0. The average molecular weight is 458 g/mol. The molecular formula is C19H31IN4O. The zero-order valence-corrected chi connectivity index (χ0v) is 17.8. The van der Waals surface area contributed by atoms with Crippen LogP contribution < -0.4 is 10.6 Å². The number of aromatic nitrogens is 1. The zero-order valence-electron chi connectivity index (χ0n) is 15.5. The summed E-state index contributed by atoms with van der Waals surface area (Å²) in [5, 5.41) is 7.06. The van der Waals surface area contributed by atoms with E-state index in [0.29, 0.717) is 18.1 Å². The standard InChI is InChI=1S/C19H30N4O.HI/c1-4-21-18(22-12-9-14-7-10-20-11-8-14)23-16-15-6-5-13-24-17(15)19(16,2)3;/h7-8,10-11,15-17H,4-6,9,12-13H2,1-3H3,(H2,21,22,23);1H. The van der Waals surface area contributed by atoms with Crippen molar-refractivity contribution >= 4 is 29.9 Å². The Balaban J connectivity index is 0.00000225. The number of hydrogen-bond donors (Lipinski definition) is 2. The van der Waals surface area contributed by atoms with Gasteiger partial charge in [0, 0.05) is 49.5 Å². The number of rotatable bonds is 5. The number of halogens is 1. The lowest BCUT2D eigenvalue weighted by Gasteiger charge is -2.60. The summed E-state index contributed by atoms with van der Waals surface area (Å²) in [4.78, 5) is 8.82. The molecule has 140 valence electrons. The second-order valence-corrected chi connectivity index (χ2v) is 7.41. The number of pyridine rings is 1.